The lowest BCUT2D eigenvalue weighted by Gasteiger charge is -2.23. The molecular formula is C20H27ClN2O2. The topological polar surface area (TPSA) is 55.6 Å². The fourth-order valence-corrected chi connectivity index (χ4v) is 2.53. The monoisotopic (exact) mass is 362 g/mol. The van der Waals surface area contributed by atoms with Gasteiger partial charge < -0.3 is 15.4 Å². The standard InChI is InChI=1S/C20H26N2O2.ClH/c1-15(2)17-6-4-16(5-7-17)14-22(20(23)12-13-21)18-8-10-19(24-3)11-9-18;/h4-11,15H,12-14,21H2,1-3H3;1H. The number of amides is 1. The summed E-state index contributed by atoms with van der Waals surface area (Å²) in [6.07, 6.45) is 0.329. The van der Waals surface area contributed by atoms with Crippen molar-refractivity contribution in [2.45, 2.75) is 32.7 Å². The molecule has 0 atom stereocenters. The van der Waals surface area contributed by atoms with Gasteiger partial charge in [0.15, 0.2) is 0 Å². The maximum atomic E-state index is 12.5. The second-order valence-electron chi connectivity index (χ2n) is 6.11. The Hall–Kier alpha value is -2.04. The van der Waals surface area contributed by atoms with Gasteiger partial charge >= 0.3 is 0 Å². The third-order valence-corrected chi connectivity index (χ3v) is 4.03. The molecule has 2 rings (SSSR count). The maximum Gasteiger partial charge on any atom is 0.228 e. The fraction of sp³-hybridized carbons (Fsp3) is 0.350. The van der Waals surface area contributed by atoms with E-state index in [1.807, 2.05) is 24.3 Å². The first-order chi connectivity index (χ1) is 11.5. The molecule has 0 saturated heterocycles. The van der Waals surface area contributed by atoms with Gasteiger partial charge in [0, 0.05) is 18.7 Å². The molecular weight excluding hydrogens is 336 g/mol. The Morgan fingerprint density at radius 2 is 1.68 bits per heavy atom. The molecule has 0 bridgehead atoms. The summed E-state index contributed by atoms with van der Waals surface area (Å²) < 4.78 is 5.19. The highest BCUT2D eigenvalue weighted by Gasteiger charge is 2.16. The Labute approximate surface area is 156 Å². The zero-order chi connectivity index (χ0) is 17.5. The van der Waals surface area contributed by atoms with Crippen LogP contribution in [0.2, 0.25) is 0 Å². The summed E-state index contributed by atoms with van der Waals surface area (Å²) in [5, 5.41) is 0. The molecule has 4 nitrogen and oxygen atoms in total. The van der Waals surface area contributed by atoms with Crippen molar-refractivity contribution in [1.29, 1.82) is 0 Å². The molecule has 25 heavy (non-hydrogen) atoms. The Bertz CT molecular complexity index is 654. The number of rotatable bonds is 7. The van der Waals surface area contributed by atoms with Crippen molar-refractivity contribution in [3.8, 4) is 5.75 Å². The van der Waals surface area contributed by atoms with Gasteiger partial charge in [-0.25, -0.2) is 0 Å². The van der Waals surface area contributed by atoms with Crippen LogP contribution >= 0.6 is 12.4 Å². The number of carbonyl (C=O) groups is 1. The van der Waals surface area contributed by atoms with E-state index in [2.05, 4.69) is 38.1 Å². The Kier molecular flexibility index (Phi) is 8.46. The molecule has 0 aromatic heterocycles. The minimum Gasteiger partial charge on any atom is -0.497 e. The number of carbonyl (C=O) groups excluding carboxylic acids is 1. The molecule has 2 N–H and O–H groups in total. The Balaban J connectivity index is 0.00000312. The van der Waals surface area contributed by atoms with Crippen molar-refractivity contribution in [2.24, 2.45) is 5.73 Å². The van der Waals surface area contributed by atoms with E-state index in [0.717, 1.165) is 17.0 Å². The lowest BCUT2D eigenvalue weighted by atomic mass is 10.0. The van der Waals surface area contributed by atoms with Crippen LogP contribution in [0.3, 0.4) is 0 Å². The number of hydrogen-bond donors (Lipinski definition) is 1. The maximum absolute atomic E-state index is 12.5. The van der Waals surface area contributed by atoms with Crippen molar-refractivity contribution in [2.75, 3.05) is 18.6 Å². The summed E-state index contributed by atoms with van der Waals surface area (Å²) in [6, 6.07) is 15.9. The quantitative estimate of drug-likeness (QED) is 0.805. The molecule has 0 saturated carbocycles. The van der Waals surface area contributed by atoms with Crippen molar-refractivity contribution in [3.63, 3.8) is 0 Å². The number of nitrogens with zero attached hydrogens (tertiary/aromatic N) is 1. The molecule has 0 spiro atoms. The Morgan fingerprint density at radius 1 is 1.08 bits per heavy atom. The summed E-state index contributed by atoms with van der Waals surface area (Å²) in [6.45, 7) is 5.22. The lowest BCUT2D eigenvalue weighted by molar-refractivity contribution is -0.118. The molecule has 0 unspecified atom stereocenters. The molecule has 2 aromatic carbocycles. The summed E-state index contributed by atoms with van der Waals surface area (Å²) in [7, 11) is 1.63. The van der Waals surface area contributed by atoms with Crippen molar-refractivity contribution < 1.29 is 9.53 Å². The van der Waals surface area contributed by atoms with E-state index in [0.29, 0.717) is 25.4 Å². The zero-order valence-electron chi connectivity index (χ0n) is 15.1. The molecule has 1 amide bonds. The Morgan fingerprint density at radius 3 is 2.16 bits per heavy atom. The summed E-state index contributed by atoms with van der Waals surface area (Å²) in [5.41, 5.74) is 8.81. The molecule has 0 radical (unpaired) electrons. The van der Waals surface area contributed by atoms with Gasteiger partial charge in [0.05, 0.1) is 13.7 Å². The largest absolute Gasteiger partial charge is 0.497 e. The normalized spacial score (nSPS) is 10.3. The van der Waals surface area contributed by atoms with E-state index >= 15 is 0 Å². The van der Waals surface area contributed by atoms with E-state index in [9.17, 15) is 4.79 Å². The zero-order valence-corrected chi connectivity index (χ0v) is 15.9. The van der Waals surface area contributed by atoms with Gasteiger partial charge in [0.2, 0.25) is 5.91 Å². The number of anilines is 1. The van der Waals surface area contributed by atoms with Crippen LogP contribution in [0, 0.1) is 0 Å². The van der Waals surface area contributed by atoms with E-state index in [-0.39, 0.29) is 18.3 Å². The first kappa shape index (κ1) is 21.0. The molecule has 0 aliphatic rings. The second kappa shape index (κ2) is 10.1. The second-order valence-corrected chi connectivity index (χ2v) is 6.11. The van der Waals surface area contributed by atoms with Crippen LogP contribution in [0.25, 0.3) is 0 Å². The number of ether oxygens (including phenoxy) is 1. The molecule has 5 heteroatoms. The van der Waals surface area contributed by atoms with Crippen molar-refractivity contribution in [3.05, 3.63) is 59.7 Å². The summed E-state index contributed by atoms with van der Waals surface area (Å²) in [4.78, 5) is 14.3. The minimum atomic E-state index is 0. The van der Waals surface area contributed by atoms with Crippen molar-refractivity contribution >= 4 is 24.0 Å². The first-order valence-electron chi connectivity index (χ1n) is 8.28. The molecule has 0 aliphatic heterocycles. The number of halogens is 1. The molecule has 0 heterocycles. The van der Waals surface area contributed by atoms with Gasteiger partial charge in [-0.15, -0.1) is 12.4 Å². The number of hydrogen-bond acceptors (Lipinski definition) is 3. The lowest BCUT2D eigenvalue weighted by Crippen LogP contribution is -2.31. The predicted octanol–water partition coefficient (Wildman–Crippen LogP) is 4.12. The summed E-state index contributed by atoms with van der Waals surface area (Å²) >= 11 is 0. The van der Waals surface area contributed by atoms with Crippen molar-refractivity contribution in [1.82, 2.24) is 0 Å². The van der Waals surface area contributed by atoms with Crippen LogP contribution < -0.4 is 15.4 Å². The van der Waals surface area contributed by atoms with Gasteiger partial charge in [-0.2, -0.15) is 0 Å². The third kappa shape index (κ3) is 5.76. The molecule has 136 valence electrons. The van der Waals surface area contributed by atoms with Crippen LogP contribution in [0.1, 0.15) is 37.3 Å². The molecule has 2 aromatic rings. The first-order valence-corrected chi connectivity index (χ1v) is 8.28. The van der Waals surface area contributed by atoms with Crippen LogP contribution in [0.5, 0.6) is 5.75 Å². The molecule has 0 aliphatic carbocycles. The van der Waals surface area contributed by atoms with E-state index in [4.69, 9.17) is 10.5 Å². The van der Waals surface area contributed by atoms with Gasteiger partial charge in [-0.1, -0.05) is 38.1 Å². The van der Waals surface area contributed by atoms with Crippen LogP contribution in [0.15, 0.2) is 48.5 Å². The highest BCUT2D eigenvalue weighted by Crippen LogP contribution is 2.23. The number of methoxy groups -OCH3 is 1. The highest BCUT2D eigenvalue weighted by molar-refractivity contribution is 5.93. The van der Waals surface area contributed by atoms with Crippen LogP contribution in [-0.2, 0) is 11.3 Å². The van der Waals surface area contributed by atoms with E-state index in [1.54, 1.807) is 12.0 Å². The SMILES string of the molecule is COc1ccc(N(Cc2ccc(C(C)C)cc2)C(=O)CCN)cc1.Cl. The van der Waals surface area contributed by atoms with Gasteiger partial charge in [0.1, 0.15) is 5.75 Å². The number of nitrogens with two attached hydrogens (primary N) is 1. The van der Waals surface area contributed by atoms with Crippen LogP contribution in [-0.4, -0.2) is 19.6 Å². The minimum absolute atomic E-state index is 0. The summed E-state index contributed by atoms with van der Waals surface area (Å²) in [5.74, 6) is 1.29. The predicted molar refractivity (Wildman–Crippen MR) is 106 cm³/mol. The van der Waals surface area contributed by atoms with E-state index in [1.165, 1.54) is 5.56 Å². The third-order valence-electron chi connectivity index (χ3n) is 4.03. The smallest absolute Gasteiger partial charge is 0.228 e. The number of benzene rings is 2. The van der Waals surface area contributed by atoms with Gasteiger partial charge in [0.25, 0.3) is 0 Å². The highest BCUT2D eigenvalue weighted by atomic mass is 35.5. The average Bonchev–Trinajstić information content (AvgIpc) is 2.60. The van der Waals surface area contributed by atoms with E-state index < -0.39 is 0 Å². The molecule has 0 fully saturated rings. The van der Waals surface area contributed by atoms with Crippen LogP contribution in [0.4, 0.5) is 5.69 Å². The van der Waals surface area contributed by atoms with Gasteiger partial charge in [-0.3, -0.25) is 4.79 Å². The average molecular weight is 363 g/mol. The van der Waals surface area contributed by atoms with Gasteiger partial charge in [-0.05, 0) is 41.3 Å². The fourth-order valence-electron chi connectivity index (χ4n) is 2.53.